The Balaban J connectivity index is 2.15. The zero-order valence-electron chi connectivity index (χ0n) is 14.1. The summed E-state index contributed by atoms with van der Waals surface area (Å²) in [5.74, 6) is -2.89. The maximum absolute atomic E-state index is 13.2. The van der Waals surface area contributed by atoms with Crippen LogP contribution in [-0.4, -0.2) is 20.2 Å². The standard InChI is InChI=1S/C18H20F2N2OS/c1-17(2,3)24(23)22-11-13-5-7-14(8-6-13)16-10-9-15(12-21-16)18(4,19)20/h5-12H,1-4H3. The van der Waals surface area contributed by atoms with Gasteiger partial charge in [-0.3, -0.25) is 4.98 Å². The van der Waals surface area contributed by atoms with E-state index in [4.69, 9.17) is 0 Å². The zero-order chi connectivity index (χ0) is 18.0. The molecule has 1 aromatic carbocycles. The number of hydrogen-bond acceptors (Lipinski definition) is 2. The van der Waals surface area contributed by atoms with Gasteiger partial charge in [0.1, 0.15) is 11.0 Å². The minimum atomic E-state index is -2.89. The van der Waals surface area contributed by atoms with Crippen molar-refractivity contribution < 1.29 is 13.0 Å². The highest BCUT2D eigenvalue weighted by Gasteiger charge is 2.24. The molecular weight excluding hydrogens is 330 g/mol. The molecule has 0 spiro atoms. The number of benzene rings is 1. The fourth-order valence-electron chi connectivity index (χ4n) is 1.83. The summed E-state index contributed by atoms with van der Waals surface area (Å²) in [5, 5.41) is 0. The van der Waals surface area contributed by atoms with Crippen molar-refractivity contribution in [3.8, 4) is 11.3 Å². The van der Waals surface area contributed by atoms with E-state index in [2.05, 4.69) is 9.38 Å². The van der Waals surface area contributed by atoms with Crippen molar-refractivity contribution >= 4 is 17.2 Å². The predicted octanol–water partition coefficient (Wildman–Crippen LogP) is 4.74. The van der Waals surface area contributed by atoms with Gasteiger partial charge in [0.2, 0.25) is 0 Å². The van der Waals surface area contributed by atoms with E-state index in [-0.39, 0.29) is 5.56 Å². The van der Waals surface area contributed by atoms with E-state index in [0.717, 1.165) is 18.1 Å². The van der Waals surface area contributed by atoms with Gasteiger partial charge in [-0.25, -0.2) is 13.0 Å². The molecule has 2 aromatic rings. The lowest BCUT2D eigenvalue weighted by Crippen LogP contribution is -2.19. The molecule has 0 aliphatic carbocycles. The van der Waals surface area contributed by atoms with Gasteiger partial charge < -0.3 is 0 Å². The van der Waals surface area contributed by atoms with Crippen molar-refractivity contribution in [1.82, 2.24) is 4.98 Å². The molecular formula is C18H20F2N2OS. The summed E-state index contributed by atoms with van der Waals surface area (Å²) in [4.78, 5) is 4.09. The molecule has 1 atom stereocenters. The monoisotopic (exact) mass is 350 g/mol. The van der Waals surface area contributed by atoms with Gasteiger partial charge in [-0.05, 0) is 38.5 Å². The van der Waals surface area contributed by atoms with Crippen LogP contribution in [0.1, 0.15) is 38.8 Å². The Hall–Kier alpha value is -1.95. The normalized spacial score (nSPS) is 14.1. The average Bonchev–Trinajstić information content (AvgIpc) is 2.51. The highest BCUT2D eigenvalue weighted by molar-refractivity contribution is 7.85. The number of hydrogen-bond donors (Lipinski definition) is 0. The minimum Gasteiger partial charge on any atom is -0.256 e. The Kier molecular flexibility index (Phi) is 5.28. The molecule has 1 heterocycles. The van der Waals surface area contributed by atoms with Crippen LogP contribution in [-0.2, 0) is 16.9 Å². The molecule has 0 saturated carbocycles. The number of rotatable bonds is 4. The zero-order valence-corrected chi connectivity index (χ0v) is 14.9. The summed E-state index contributed by atoms with van der Waals surface area (Å²) in [6.07, 6.45) is 2.76. The van der Waals surface area contributed by atoms with E-state index in [0.29, 0.717) is 5.69 Å². The smallest absolute Gasteiger partial charge is 0.256 e. The average molecular weight is 350 g/mol. The van der Waals surface area contributed by atoms with Gasteiger partial charge in [-0.2, -0.15) is 4.40 Å². The van der Waals surface area contributed by atoms with E-state index < -0.39 is 21.7 Å². The van der Waals surface area contributed by atoms with Crippen molar-refractivity contribution in [2.24, 2.45) is 4.40 Å². The summed E-state index contributed by atoms with van der Waals surface area (Å²) in [6, 6.07) is 10.3. The van der Waals surface area contributed by atoms with Gasteiger partial charge in [0.25, 0.3) is 5.92 Å². The molecule has 0 aliphatic heterocycles. The first-order valence-corrected chi connectivity index (χ1v) is 8.59. The summed E-state index contributed by atoms with van der Waals surface area (Å²) < 4.78 is 41.9. The van der Waals surface area contributed by atoms with E-state index >= 15 is 0 Å². The third-order valence-electron chi connectivity index (χ3n) is 3.30. The molecule has 0 radical (unpaired) electrons. The molecule has 2 rings (SSSR count). The largest absolute Gasteiger partial charge is 0.272 e. The number of nitrogens with zero attached hydrogens (tertiary/aromatic N) is 2. The van der Waals surface area contributed by atoms with Crippen LogP contribution in [0.2, 0.25) is 0 Å². The third-order valence-corrected chi connectivity index (χ3v) is 4.64. The summed E-state index contributed by atoms with van der Waals surface area (Å²) >= 11 is 0. The first kappa shape index (κ1) is 18.4. The second-order valence-electron chi connectivity index (χ2n) is 6.54. The van der Waals surface area contributed by atoms with Crippen LogP contribution in [0.15, 0.2) is 47.0 Å². The van der Waals surface area contributed by atoms with Gasteiger partial charge in [-0.1, -0.05) is 24.3 Å². The highest BCUT2D eigenvalue weighted by atomic mass is 32.2. The van der Waals surface area contributed by atoms with E-state index in [1.165, 1.54) is 12.3 Å². The first-order chi connectivity index (χ1) is 11.1. The molecule has 1 aromatic heterocycles. The second kappa shape index (κ2) is 6.89. The topological polar surface area (TPSA) is 42.3 Å². The Morgan fingerprint density at radius 3 is 2.12 bits per heavy atom. The molecule has 0 amide bonds. The van der Waals surface area contributed by atoms with Gasteiger partial charge in [0.15, 0.2) is 0 Å². The summed E-state index contributed by atoms with van der Waals surface area (Å²) in [5.41, 5.74) is 2.13. The molecule has 0 bridgehead atoms. The highest BCUT2D eigenvalue weighted by Crippen LogP contribution is 2.27. The van der Waals surface area contributed by atoms with Crippen LogP contribution in [0.25, 0.3) is 11.3 Å². The van der Waals surface area contributed by atoms with Crippen LogP contribution in [0.4, 0.5) is 8.78 Å². The van der Waals surface area contributed by atoms with E-state index in [9.17, 15) is 13.0 Å². The molecule has 3 nitrogen and oxygen atoms in total. The van der Waals surface area contributed by atoms with Gasteiger partial charge in [0, 0.05) is 30.5 Å². The lowest BCUT2D eigenvalue weighted by Gasteiger charge is -2.12. The van der Waals surface area contributed by atoms with Crippen molar-refractivity contribution in [3.05, 3.63) is 53.7 Å². The van der Waals surface area contributed by atoms with Crippen molar-refractivity contribution in [2.45, 2.75) is 38.4 Å². The lowest BCUT2D eigenvalue weighted by molar-refractivity contribution is 0.0171. The number of aromatic nitrogens is 1. The first-order valence-electron chi connectivity index (χ1n) is 7.48. The Bertz CT molecular complexity index is 743. The molecule has 6 heteroatoms. The number of alkyl halides is 2. The molecule has 0 N–H and O–H groups in total. The molecule has 128 valence electrons. The molecule has 0 fully saturated rings. The predicted molar refractivity (Wildman–Crippen MR) is 94.7 cm³/mol. The van der Waals surface area contributed by atoms with E-state index in [1.807, 2.05) is 45.0 Å². The van der Waals surface area contributed by atoms with Gasteiger partial charge >= 0.3 is 0 Å². The molecule has 1 unspecified atom stereocenters. The van der Waals surface area contributed by atoms with Crippen LogP contribution in [0, 0.1) is 0 Å². The minimum absolute atomic E-state index is 0.111. The van der Waals surface area contributed by atoms with Crippen molar-refractivity contribution in [2.75, 3.05) is 0 Å². The van der Waals surface area contributed by atoms with Gasteiger partial charge in [-0.15, -0.1) is 0 Å². The van der Waals surface area contributed by atoms with Crippen LogP contribution < -0.4 is 0 Å². The van der Waals surface area contributed by atoms with Crippen molar-refractivity contribution in [1.29, 1.82) is 0 Å². The molecule has 0 aliphatic rings. The van der Waals surface area contributed by atoms with Crippen LogP contribution in [0.5, 0.6) is 0 Å². The summed E-state index contributed by atoms with van der Waals surface area (Å²) in [6.45, 7) is 6.43. The molecule has 0 saturated heterocycles. The fraction of sp³-hybridized carbons (Fsp3) is 0.333. The fourth-order valence-corrected chi connectivity index (χ4v) is 2.36. The van der Waals surface area contributed by atoms with Crippen LogP contribution in [0.3, 0.4) is 0 Å². The quantitative estimate of drug-likeness (QED) is 0.747. The maximum Gasteiger partial charge on any atom is 0.272 e. The Morgan fingerprint density at radius 2 is 1.67 bits per heavy atom. The Morgan fingerprint density at radius 1 is 1.04 bits per heavy atom. The maximum atomic E-state index is 13.2. The van der Waals surface area contributed by atoms with Crippen LogP contribution >= 0.6 is 0 Å². The third kappa shape index (κ3) is 4.77. The lowest BCUT2D eigenvalue weighted by atomic mass is 10.1. The SMILES string of the molecule is CC(F)(F)c1ccc(-c2ccc(C=NS(=O)C(C)(C)C)cc2)nc1. The van der Waals surface area contributed by atoms with E-state index in [1.54, 1.807) is 12.3 Å². The number of pyridine rings is 1. The van der Waals surface area contributed by atoms with Crippen molar-refractivity contribution in [3.63, 3.8) is 0 Å². The Labute approximate surface area is 143 Å². The van der Waals surface area contributed by atoms with Gasteiger partial charge in [0.05, 0.1) is 10.4 Å². The number of halogens is 2. The molecule has 24 heavy (non-hydrogen) atoms. The summed E-state index contributed by atoms with van der Waals surface area (Å²) in [7, 11) is -1.30. The second-order valence-corrected chi connectivity index (χ2v) is 8.47.